The quantitative estimate of drug-likeness (QED) is 0.252. The van der Waals surface area contributed by atoms with Crippen LogP contribution in [-0.2, 0) is 9.59 Å². The zero-order valence-electron chi connectivity index (χ0n) is 19.6. The van der Waals surface area contributed by atoms with Gasteiger partial charge in [-0.25, -0.2) is 4.79 Å². The van der Waals surface area contributed by atoms with Gasteiger partial charge in [0.1, 0.15) is 5.75 Å². The molecule has 3 aromatic rings. The molecule has 0 radical (unpaired) electrons. The number of hydrogen-bond donors (Lipinski definition) is 0. The molecule has 0 saturated heterocycles. The second-order valence-electron chi connectivity index (χ2n) is 8.74. The molecule has 3 aromatic carbocycles. The highest BCUT2D eigenvalue weighted by molar-refractivity contribution is 6.08. The van der Waals surface area contributed by atoms with Gasteiger partial charge in [0, 0.05) is 17.7 Å². The van der Waals surface area contributed by atoms with Crippen molar-refractivity contribution in [3.63, 3.8) is 0 Å². The summed E-state index contributed by atoms with van der Waals surface area (Å²) in [7, 11) is 0. The fraction of sp³-hybridized carbons (Fsp3) is 0.133. The summed E-state index contributed by atoms with van der Waals surface area (Å²) in [5, 5.41) is 0. The van der Waals surface area contributed by atoms with Crippen LogP contribution < -0.4 is 9.64 Å². The zero-order valence-corrected chi connectivity index (χ0v) is 19.6. The second kappa shape index (κ2) is 9.75. The maximum atomic E-state index is 13.3. The lowest BCUT2D eigenvalue weighted by Crippen LogP contribution is -2.48. The molecule has 0 saturated carbocycles. The maximum absolute atomic E-state index is 13.3. The average molecular weight is 450 g/mol. The Morgan fingerprint density at radius 3 is 2.03 bits per heavy atom. The Morgan fingerprint density at radius 1 is 0.824 bits per heavy atom. The van der Waals surface area contributed by atoms with Gasteiger partial charge in [-0.3, -0.25) is 9.69 Å². The fourth-order valence-electron chi connectivity index (χ4n) is 4.16. The van der Waals surface area contributed by atoms with E-state index in [-0.39, 0.29) is 5.91 Å². The molecular weight excluding hydrogens is 422 g/mol. The third-order valence-electron chi connectivity index (χ3n) is 5.65. The van der Waals surface area contributed by atoms with E-state index in [1.165, 1.54) is 6.08 Å². The summed E-state index contributed by atoms with van der Waals surface area (Å²) in [6.07, 6.45) is 8.60. The van der Waals surface area contributed by atoms with Gasteiger partial charge in [0.05, 0.1) is 11.2 Å². The minimum absolute atomic E-state index is 0.116. The van der Waals surface area contributed by atoms with Crippen LogP contribution in [-0.4, -0.2) is 17.4 Å². The Kier molecular flexibility index (Phi) is 6.60. The number of amides is 1. The Labute approximate surface area is 200 Å². The van der Waals surface area contributed by atoms with E-state index in [4.69, 9.17) is 4.74 Å². The van der Waals surface area contributed by atoms with Crippen LogP contribution in [0.5, 0.6) is 5.75 Å². The Hall–Kier alpha value is -4.18. The summed E-state index contributed by atoms with van der Waals surface area (Å²) in [5.74, 6) is -0.143. The number of esters is 1. The Bertz CT molecular complexity index is 1290. The number of carbonyl (C=O) groups is 2. The molecule has 0 aliphatic carbocycles. The molecule has 0 spiro atoms. The molecular formula is C30H27NO3. The van der Waals surface area contributed by atoms with Gasteiger partial charge in [-0.2, -0.15) is 0 Å². The van der Waals surface area contributed by atoms with Crippen LogP contribution in [0.1, 0.15) is 37.5 Å². The van der Waals surface area contributed by atoms with Crippen LogP contribution in [0, 0.1) is 0 Å². The first-order valence-electron chi connectivity index (χ1n) is 11.2. The zero-order chi connectivity index (χ0) is 24.1. The van der Waals surface area contributed by atoms with Crippen molar-refractivity contribution in [1.29, 1.82) is 0 Å². The Balaban J connectivity index is 1.57. The minimum atomic E-state index is -0.508. The maximum Gasteiger partial charge on any atom is 0.336 e. The smallest absolute Gasteiger partial charge is 0.336 e. The first kappa shape index (κ1) is 23.0. The van der Waals surface area contributed by atoms with E-state index in [1.54, 1.807) is 23.1 Å². The van der Waals surface area contributed by atoms with Crippen LogP contribution in [0.2, 0.25) is 0 Å². The van der Waals surface area contributed by atoms with Crippen LogP contribution in [0.3, 0.4) is 0 Å². The number of hydrogen-bond acceptors (Lipinski definition) is 3. The molecule has 4 nitrogen and oxygen atoms in total. The van der Waals surface area contributed by atoms with E-state index < -0.39 is 11.5 Å². The molecule has 1 heterocycles. The van der Waals surface area contributed by atoms with Gasteiger partial charge in [0.25, 0.3) is 5.91 Å². The van der Waals surface area contributed by atoms with Crippen molar-refractivity contribution in [2.45, 2.75) is 26.3 Å². The number of anilines is 1. The van der Waals surface area contributed by atoms with E-state index in [0.29, 0.717) is 5.75 Å². The van der Waals surface area contributed by atoms with Crippen LogP contribution in [0.15, 0.2) is 97.1 Å². The van der Waals surface area contributed by atoms with Gasteiger partial charge in [0.15, 0.2) is 0 Å². The minimum Gasteiger partial charge on any atom is -0.423 e. The molecule has 4 rings (SSSR count). The number of nitrogens with zero attached hydrogens (tertiary/aromatic N) is 1. The lowest BCUT2D eigenvalue weighted by molar-refractivity contribution is -0.128. The normalized spacial score (nSPS) is 14.7. The number of fused-ring (bicyclic) bond motifs is 1. The van der Waals surface area contributed by atoms with E-state index in [0.717, 1.165) is 28.0 Å². The average Bonchev–Trinajstić information content (AvgIpc) is 2.82. The SMILES string of the molecule is CC1=CC(C)(C)N(C(=O)/C=C\c2ccccc2)c2ccc(OC(=O)/C=C\c3ccccc3)cc21. The van der Waals surface area contributed by atoms with Crippen LogP contribution in [0.4, 0.5) is 5.69 Å². The number of carbonyl (C=O) groups excluding carboxylic acids is 2. The standard InChI is InChI=1S/C30H27NO3/c1-22-21-30(2,3)31(28(32)18-14-23-10-6-4-7-11-23)27-17-16-25(20-26(22)27)34-29(33)19-15-24-12-8-5-9-13-24/h4-21H,1-3H3/b18-14-,19-15-. The number of allylic oxidation sites excluding steroid dienone is 1. The van der Waals surface area contributed by atoms with E-state index >= 15 is 0 Å². The van der Waals surface area contributed by atoms with E-state index in [2.05, 4.69) is 6.08 Å². The first-order valence-corrected chi connectivity index (χ1v) is 11.2. The van der Waals surface area contributed by atoms with Crippen molar-refractivity contribution >= 4 is 35.3 Å². The van der Waals surface area contributed by atoms with Crippen LogP contribution >= 0.6 is 0 Å². The summed E-state index contributed by atoms with van der Waals surface area (Å²) in [6, 6.07) is 24.7. The molecule has 0 atom stereocenters. The van der Waals surface area contributed by atoms with Crippen molar-refractivity contribution in [2.24, 2.45) is 0 Å². The predicted octanol–water partition coefficient (Wildman–Crippen LogP) is 6.55. The highest BCUT2D eigenvalue weighted by atomic mass is 16.5. The van der Waals surface area contributed by atoms with Crippen molar-refractivity contribution in [1.82, 2.24) is 0 Å². The number of ether oxygens (including phenoxy) is 1. The molecule has 0 aromatic heterocycles. The van der Waals surface area contributed by atoms with Gasteiger partial charge >= 0.3 is 5.97 Å². The van der Waals surface area contributed by atoms with E-state index in [9.17, 15) is 9.59 Å². The molecule has 1 aliphatic rings. The van der Waals surface area contributed by atoms with Gasteiger partial charge in [-0.15, -0.1) is 0 Å². The second-order valence-corrected chi connectivity index (χ2v) is 8.74. The van der Waals surface area contributed by atoms with Crippen molar-refractivity contribution in [3.05, 3.63) is 114 Å². The van der Waals surface area contributed by atoms with Gasteiger partial charge < -0.3 is 4.74 Å². The summed E-state index contributed by atoms with van der Waals surface area (Å²) in [5.41, 5.74) is 4.04. The summed E-state index contributed by atoms with van der Waals surface area (Å²) in [6.45, 7) is 6.02. The molecule has 0 unspecified atom stereocenters. The Morgan fingerprint density at radius 2 is 1.41 bits per heavy atom. The molecule has 1 amide bonds. The molecule has 170 valence electrons. The third kappa shape index (κ3) is 5.24. The largest absolute Gasteiger partial charge is 0.423 e. The van der Waals surface area contributed by atoms with Crippen molar-refractivity contribution in [3.8, 4) is 5.75 Å². The fourth-order valence-corrected chi connectivity index (χ4v) is 4.16. The van der Waals surface area contributed by atoms with Gasteiger partial charge in [0.2, 0.25) is 0 Å². The number of benzene rings is 3. The molecule has 34 heavy (non-hydrogen) atoms. The number of rotatable bonds is 5. The molecule has 0 fully saturated rings. The summed E-state index contributed by atoms with van der Waals surface area (Å²) in [4.78, 5) is 27.4. The molecule has 1 aliphatic heterocycles. The van der Waals surface area contributed by atoms with Crippen molar-refractivity contribution in [2.75, 3.05) is 4.90 Å². The van der Waals surface area contributed by atoms with Crippen LogP contribution in [0.25, 0.3) is 17.7 Å². The van der Waals surface area contributed by atoms with E-state index in [1.807, 2.05) is 99.6 Å². The molecule has 0 bridgehead atoms. The van der Waals surface area contributed by atoms with Crippen molar-refractivity contribution < 1.29 is 14.3 Å². The lowest BCUT2D eigenvalue weighted by Gasteiger charge is -2.41. The monoisotopic (exact) mass is 449 g/mol. The topological polar surface area (TPSA) is 46.6 Å². The molecule has 0 N–H and O–H groups in total. The third-order valence-corrected chi connectivity index (χ3v) is 5.65. The predicted molar refractivity (Wildman–Crippen MR) is 138 cm³/mol. The molecule has 4 heteroatoms. The highest BCUT2D eigenvalue weighted by Gasteiger charge is 2.35. The first-order chi connectivity index (χ1) is 16.3. The highest BCUT2D eigenvalue weighted by Crippen LogP contribution is 2.40. The van der Waals surface area contributed by atoms with Gasteiger partial charge in [-0.05, 0) is 67.8 Å². The van der Waals surface area contributed by atoms with Gasteiger partial charge in [-0.1, -0.05) is 66.7 Å². The lowest BCUT2D eigenvalue weighted by atomic mass is 9.88. The summed E-state index contributed by atoms with van der Waals surface area (Å²) >= 11 is 0. The summed E-state index contributed by atoms with van der Waals surface area (Å²) < 4.78 is 5.53.